The molecule has 1 saturated heterocycles. The van der Waals surface area contributed by atoms with E-state index in [9.17, 15) is 4.79 Å². The number of nitrogens with zero attached hydrogens (tertiary/aromatic N) is 3. The van der Waals surface area contributed by atoms with E-state index in [4.69, 9.17) is 0 Å². The molecule has 0 bridgehead atoms. The molecule has 1 N–H and O–H groups in total. The molecule has 5 heteroatoms. The Balaban J connectivity index is 1.89. The van der Waals surface area contributed by atoms with E-state index in [1.54, 1.807) is 16.7 Å². The lowest BCUT2D eigenvalue weighted by Gasteiger charge is -2.15. The van der Waals surface area contributed by atoms with Crippen LogP contribution in [-0.4, -0.2) is 40.5 Å². The zero-order chi connectivity index (χ0) is 14.1. The fourth-order valence-electron chi connectivity index (χ4n) is 2.83. The number of rotatable bonds is 3. The van der Waals surface area contributed by atoms with Crippen LogP contribution in [0.5, 0.6) is 0 Å². The first-order chi connectivity index (χ1) is 9.67. The first-order valence-electron chi connectivity index (χ1n) is 7.05. The maximum atomic E-state index is 12.1. The minimum Gasteiger partial charge on any atom is -0.316 e. The smallest absolute Gasteiger partial charge is 0.258 e. The van der Waals surface area contributed by atoms with E-state index in [1.165, 1.54) is 0 Å². The zero-order valence-electron chi connectivity index (χ0n) is 12.0. The van der Waals surface area contributed by atoms with E-state index >= 15 is 0 Å². The summed E-state index contributed by atoms with van der Waals surface area (Å²) in [7, 11) is 2.00. The second kappa shape index (κ2) is 5.34. The van der Waals surface area contributed by atoms with Gasteiger partial charge < -0.3 is 5.32 Å². The van der Waals surface area contributed by atoms with Crippen LogP contribution in [0.15, 0.2) is 29.2 Å². The van der Waals surface area contributed by atoms with Crippen LogP contribution in [0.3, 0.4) is 0 Å². The standard InChI is InChI=1S/C15H20N4O/c1-11-4-3-6-19-14(20)8-13(17-15(11)19)10-18-7-5-12(9-18)16-2/h3-4,6,8,12,16H,5,7,9-10H2,1-2H3. The van der Waals surface area contributed by atoms with Crippen molar-refractivity contribution in [1.29, 1.82) is 0 Å². The van der Waals surface area contributed by atoms with Crippen molar-refractivity contribution in [2.24, 2.45) is 0 Å². The summed E-state index contributed by atoms with van der Waals surface area (Å²) in [6.45, 7) is 4.81. The fourth-order valence-corrected chi connectivity index (χ4v) is 2.83. The minimum atomic E-state index is -0.00179. The molecule has 1 aliphatic rings. The SMILES string of the molecule is CNC1CCN(Cc2cc(=O)n3cccc(C)c3n2)C1. The van der Waals surface area contributed by atoms with Gasteiger partial charge in [0.05, 0.1) is 5.69 Å². The number of hydrogen-bond acceptors (Lipinski definition) is 4. The number of fused-ring (bicyclic) bond motifs is 1. The number of likely N-dealkylation sites (tertiary alicyclic amines) is 1. The highest BCUT2D eigenvalue weighted by Crippen LogP contribution is 2.12. The molecule has 20 heavy (non-hydrogen) atoms. The number of hydrogen-bond donors (Lipinski definition) is 1. The molecule has 0 amide bonds. The molecule has 1 unspecified atom stereocenters. The number of aromatic nitrogens is 2. The van der Waals surface area contributed by atoms with Crippen molar-refractivity contribution in [3.8, 4) is 0 Å². The average Bonchev–Trinajstić information content (AvgIpc) is 2.88. The Morgan fingerprint density at radius 1 is 1.50 bits per heavy atom. The van der Waals surface area contributed by atoms with Crippen LogP contribution < -0.4 is 10.9 Å². The van der Waals surface area contributed by atoms with Crippen LogP contribution in [0.2, 0.25) is 0 Å². The Labute approximate surface area is 118 Å². The van der Waals surface area contributed by atoms with Crippen molar-refractivity contribution in [3.05, 3.63) is 46.0 Å². The predicted molar refractivity (Wildman–Crippen MR) is 78.9 cm³/mol. The molecule has 1 fully saturated rings. The topological polar surface area (TPSA) is 49.6 Å². The third kappa shape index (κ3) is 2.46. The summed E-state index contributed by atoms with van der Waals surface area (Å²) < 4.78 is 1.61. The summed E-state index contributed by atoms with van der Waals surface area (Å²) >= 11 is 0. The number of pyridine rings is 1. The zero-order valence-corrected chi connectivity index (χ0v) is 12.0. The van der Waals surface area contributed by atoms with Gasteiger partial charge in [0.2, 0.25) is 0 Å². The van der Waals surface area contributed by atoms with Gasteiger partial charge >= 0.3 is 0 Å². The van der Waals surface area contributed by atoms with E-state index in [2.05, 4.69) is 15.2 Å². The van der Waals surface area contributed by atoms with Gasteiger partial charge in [-0.25, -0.2) is 4.98 Å². The monoisotopic (exact) mass is 272 g/mol. The van der Waals surface area contributed by atoms with Gasteiger partial charge in [-0.15, -0.1) is 0 Å². The van der Waals surface area contributed by atoms with Crippen molar-refractivity contribution in [3.63, 3.8) is 0 Å². The van der Waals surface area contributed by atoms with E-state index in [0.29, 0.717) is 6.04 Å². The summed E-state index contributed by atoms with van der Waals surface area (Å²) in [5.74, 6) is 0. The Bertz CT molecular complexity index is 679. The maximum Gasteiger partial charge on any atom is 0.258 e. The fraction of sp³-hybridized carbons (Fsp3) is 0.467. The van der Waals surface area contributed by atoms with Gasteiger partial charge in [0, 0.05) is 37.9 Å². The largest absolute Gasteiger partial charge is 0.316 e. The highest BCUT2D eigenvalue weighted by Gasteiger charge is 2.21. The van der Waals surface area contributed by atoms with E-state index in [-0.39, 0.29) is 5.56 Å². The van der Waals surface area contributed by atoms with Gasteiger partial charge in [0.15, 0.2) is 0 Å². The van der Waals surface area contributed by atoms with Crippen molar-refractivity contribution < 1.29 is 0 Å². The van der Waals surface area contributed by atoms with E-state index < -0.39 is 0 Å². The normalized spacial score (nSPS) is 19.8. The molecule has 106 valence electrons. The lowest BCUT2D eigenvalue weighted by molar-refractivity contribution is 0.318. The van der Waals surface area contributed by atoms with E-state index in [0.717, 1.165) is 43.0 Å². The molecule has 0 aliphatic carbocycles. The Kier molecular flexibility index (Phi) is 3.54. The molecular weight excluding hydrogens is 252 g/mol. The molecule has 3 rings (SSSR count). The second-order valence-electron chi connectivity index (χ2n) is 5.48. The van der Waals surface area contributed by atoms with Crippen LogP contribution in [0.25, 0.3) is 5.65 Å². The average molecular weight is 272 g/mol. The molecule has 0 spiro atoms. The molecular formula is C15H20N4O. The number of nitrogens with one attached hydrogen (secondary N) is 1. The van der Waals surface area contributed by atoms with Crippen LogP contribution in [0, 0.1) is 6.92 Å². The first kappa shape index (κ1) is 13.3. The molecule has 0 aromatic carbocycles. The predicted octanol–water partition coefficient (Wildman–Crippen LogP) is 0.797. The van der Waals surface area contributed by atoms with Crippen molar-refractivity contribution in [2.45, 2.75) is 25.9 Å². The van der Waals surface area contributed by atoms with Crippen molar-refractivity contribution >= 4 is 5.65 Å². The van der Waals surface area contributed by atoms with Gasteiger partial charge in [0.25, 0.3) is 5.56 Å². The van der Waals surface area contributed by atoms with Gasteiger partial charge in [-0.1, -0.05) is 6.07 Å². The third-order valence-electron chi connectivity index (χ3n) is 4.01. The Morgan fingerprint density at radius 3 is 3.10 bits per heavy atom. The van der Waals surface area contributed by atoms with Crippen molar-refractivity contribution in [1.82, 2.24) is 19.6 Å². The second-order valence-corrected chi connectivity index (χ2v) is 5.48. The molecule has 1 atom stereocenters. The summed E-state index contributed by atoms with van der Waals surface area (Å²) in [5.41, 5.74) is 2.65. The molecule has 1 aliphatic heterocycles. The van der Waals surface area contributed by atoms with Crippen LogP contribution in [0.4, 0.5) is 0 Å². The van der Waals surface area contributed by atoms with Gasteiger partial charge in [-0.05, 0) is 32.0 Å². The highest BCUT2D eigenvalue weighted by atomic mass is 16.1. The number of likely N-dealkylation sites (N-methyl/N-ethyl adjacent to an activating group) is 1. The number of aryl methyl sites for hydroxylation is 1. The molecule has 0 radical (unpaired) electrons. The van der Waals surface area contributed by atoms with Crippen molar-refractivity contribution in [2.75, 3.05) is 20.1 Å². The Hall–Kier alpha value is -1.72. The molecule has 3 heterocycles. The molecule has 5 nitrogen and oxygen atoms in total. The third-order valence-corrected chi connectivity index (χ3v) is 4.01. The molecule has 2 aromatic rings. The Morgan fingerprint density at radius 2 is 2.35 bits per heavy atom. The summed E-state index contributed by atoms with van der Waals surface area (Å²) in [6.07, 6.45) is 2.93. The lowest BCUT2D eigenvalue weighted by atomic mass is 10.3. The summed E-state index contributed by atoms with van der Waals surface area (Å²) in [6, 6.07) is 6.07. The first-order valence-corrected chi connectivity index (χ1v) is 7.05. The molecule has 0 saturated carbocycles. The van der Waals surface area contributed by atoms with Gasteiger partial charge in [0.1, 0.15) is 5.65 Å². The molecule has 2 aromatic heterocycles. The lowest BCUT2D eigenvalue weighted by Crippen LogP contribution is -2.30. The highest BCUT2D eigenvalue weighted by molar-refractivity contribution is 5.46. The van der Waals surface area contributed by atoms with Gasteiger partial charge in [-0.3, -0.25) is 14.1 Å². The quantitative estimate of drug-likeness (QED) is 0.898. The van der Waals surface area contributed by atoms with Crippen LogP contribution in [0.1, 0.15) is 17.7 Å². The maximum absolute atomic E-state index is 12.1. The summed E-state index contributed by atoms with van der Waals surface area (Å²) in [5, 5.41) is 3.30. The summed E-state index contributed by atoms with van der Waals surface area (Å²) in [4.78, 5) is 19.1. The van der Waals surface area contributed by atoms with Crippen LogP contribution >= 0.6 is 0 Å². The minimum absolute atomic E-state index is 0.00179. The van der Waals surface area contributed by atoms with Crippen LogP contribution in [-0.2, 0) is 6.54 Å². The van der Waals surface area contributed by atoms with Gasteiger partial charge in [-0.2, -0.15) is 0 Å². The van der Waals surface area contributed by atoms with E-state index in [1.807, 2.05) is 26.1 Å².